The van der Waals surface area contributed by atoms with Crippen molar-refractivity contribution in [1.29, 1.82) is 0 Å². The molecule has 1 aromatic rings. The lowest BCUT2D eigenvalue weighted by atomic mass is 9.92. The number of likely N-dealkylation sites (tertiary alicyclic amines) is 1. The van der Waals surface area contributed by atoms with Crippen molar-refractivity contribution in [3.63, 3.8) is 0 Å². The van der Waals surface area contributed by atoms with E-state index in [0.29, 0.717) is 18.3 Å². The van der Waals surface area contributed by atoms with Crippen LogP contribution in [0.3, 0.4) is 0 Å². The zero-order valence-corrected chi connectivity index (χ0v) is 14.5. The van der Waals surface area contributed by atoms with E-state index in [-0.39, 0.29) is 5.91 Å². The number of carbonyl (C=O) groups excluding carboxylic acids is 1. The second-order valence-electron chi connectivity index (χ2n) is 6.97. The van der Waals surface area contributed by atoms with E-state index in [9.17, 15) is 4.79 Å². The van der Waals surface area contributed by atoms with Crippen molar-refractivity contribution in [1.82, 2.24) is 4.90 Å². The molecule has 0 atom stereocenters. The minimum Gasteiger partial charge on any atom is -0.326 e. The van der Waals surface area contributed by atoms with Crippen molar-refractivity contribution in [2.75, 3.05) is 25.0 Å². The van der Waals surface area contributed by atoms with Gasteiger partial charge in [-0.05, 0) is 48.9 Å². The Hall–Kier alpha value is -1.35. The number of benzene rings is 1. The highest BCUT2D eigenvalue weighted by Crippen LogP contribution is 2.32. The predicted octanol–water partition coefficient (Wildman–Crippen LogP) is 4.36. The molecule has 0 aliphatic carbocycles. The van der Waals surface area contributed by atoms with E-state index in [1.165, 1.54) is 24.0 Å². The fourth-order valence-electron chi connectivity index (χ4n) is 3.16. The number of amides is 1. The van der Waals surface area contributed by atoms with Gasteiger partial charge >= 0.3 is 0 Å². The molecule has 1 saturated heterocycles. The number of nitrogens with one attached hydrogen (secondary N) is 1. The van der Waals surface area contributed by atoms with E-state index in [1.807, 2.05) is 0 Å². The molecule has 2 rings (SSSR count). The molecule has 1 heterocycles. The van der Waals surface area contributed by atoms with Crippen molar-refractivity contribution in [2.45, 2.75) is 58.8 Å². The van der Waals surface area contributed by atoms with Gasteiger partial charge in [-0.15, -0.1) is 0 Å². The molecule has 1 aliphatic rings. The molecule has 0 radical (unpaired) electrons. The smallest absolute Gasteiger partial charge is 0.225 e. The maximum absolute atomic E-state index is 12.4. The van der Waals surface area contributed by atoms with Gasteiger partial charge in [0, 0.05) is 18.7 Å². The molecule has 122 valence electrons. The Bertz CT molecular complexity index is 476. The van der Waals surface area contributed by atoms with Gasteiger partial charge in [-0.3, -0.25) is 4.79 Å². The van der Waals surface area contributed by atoms with Crippen molar-refractivity contribution >= 4 is 11.6 Å². The number of rotatable bonds is 6. The standard InChI is InChI=1S/C19H30N2O/c1-14(2)16-8-7-9-17(15(3)4)19(16)20-18(22)10-13-21-11-5-6-12-21/h7-9,14-15H,5-6,10-13H2,1-4H3,(H,20,22). The number of nitrogens with zero attached hydrogens (tertiary/aromatic N) is 1. The van der Waals surface area contributed by atoms with Crippen molar-refractivity contribution in [3.05, 3.63) is 29.3 Å². The van der Waals surface area contributed by atoms with Gasteiger partial charge in [-0.2, -0.15) is 0 Å². The van der Waals surface area contributed by atoms with Gasteiger partial charge in [-0.25, -0.2) is 0 Å². The highest BCUT2D eigenvalue weighted by molar-refractivity contribution is 5.92. The normalized spacial score (nSPS) is 15.7. The minimum atomic E-state index is 0.141. The summed E-state index contributed by atoms with van der Waals surface area (Å²) in [5.74, 6) is 0.960. The zero-order valence-electron chi connectivity index (χ0n) is 14.5. The van der Waals surface area contributed by atoms with Crippen LogP contribution in [0.25, 0.3) is 0 Å². The Balaban J connectivity index is 2.07. The van der Waals surface area contributed by atoms with Crippen LogP contribution in [0.4, 0.5) is 5.69 Å². The van der Waals surface area contributed by atoms with Crippen LogP contribution in [0, 0.1) is 0 Å². The summed E-state index contributed by atoms with van der Waals surface area (Å²) in [4.78, 5) is 14.8. The molecule has 1 amide bonds. The predicted molar refractivity (Wildman–Crippen MR) is 93.5 cm³/mol. The van der Waals surface area contributed by atoms with Gasteiger partial charge in [-0.1, -0.05) is 45.9 Å². The quantitative estimate of drug-likeness (QED) is 0.847. The average Bonchev–Trinajstić information content (AvgIpc) is 2.98. The molecule has 3 nitrogen and oxygen atoms in total. The van der Waals surface area contributed by atoms with Crippen molar-refractivity contribution in [2.24, 2.45) is 0 Å². The topological polar surface area (TPSA) is 32.3 Å². The van der Waals surface area contributed by atoms with E-state index in [2.05, 4.69) is 56.1 Å². The van der Waals surface area contributed by atoms with Crippen molar-refractivity contribution < 1.29 is 4.79 Å². The molecule has 0 aromatic heterocycles. The summed E-state index contributed by atoms with van der Waals surface area (Å²) in [7, 11) is 0. The second-order valence-corrected chi connectivity index (χ2v) is 6.97. The number of anilines is 1. The van der Waals surface area contributed by atoms with Crippen LogP contribution in [0.15, 0.2) is 18.2 Å². The van der Waals surface area contributed by atoms with Gasteiger partial charge in [0.15, 0.2) is 0 Å². The summed E-state index contributed by atoms with van der Waals surface area (Å²) >= 11 is 0. The monoisotopic (exact) mass is 302 g/mol. The summed E-state index contributed by atoms with van der Waals surface area (Å²) in [6, 6.07) is 6.36. The first kappa shape index (κ1) is 17.0. The first-order valence-corrected chi connectivity index (χ1v) is 8.64. The zero-order chi connectivity index (χ0) is 16.1. The van der Waals surface area contributed by atoms with E-state index >= 15 is 0 Å². The van der Waals surface area contributed by atoms with Gasteiger partial charge in [0.2, 0.25) is 5.91 Å². The lowest BCUT2D eigenvalue weighted by Gasteiger charge is -2.21. The summed E-state index contributed by atoms with van der Waals surface area (Å²) in [6.45, 7) is 11.9. The van der Waals surface area contributed by atoms with Crippen LogP contribution in [-0.2, 0) is 4.79 Å². The second kappa shape index (κ2) is 7.77. The van der Waals surface area contributed by atoms with E-state index in [0.717, 1.165) is 25.3 Å². The minimum absolute atomic E-state index is 0.141. The summed E-state index contributed by atoms with van der Waals surface area (Å²) in [5, 5.41) is 3.20. The van der Waals surface area contributed by atoms with E-state index in [4.69, 9.17) is 0 Å². The third kappa shape index (κ3) is 4.33. The molecule has 1 N–H and O–H groups in total. The van der Waals surface area contributed by atoms with Crippen LogP contribution < -0.4 is 5.32 Å². The van der Waals surface area contributed by atoms with Gasteiger partial charge in [0.25, 0.3) is 0 Å². The molecule has 0 bridgehead atoms. The SMILES string of the molecule is CC(C)c1cccc(C(C)C)c1NC(=O)CCN1CCCC1. The number of hydrogen-bond donors (Lipinski definition) is 1. The molecular formula is C19H30N2O. The lowest BCUT2D eigenvalue weighted by molar-refractivity contribution is -0.116. The molecule has 1 aromatic carbocycles. The number of hydrogen-bond acceptors (Lipinski definition) is 2. The molecule has 0 saturated carbocycles. The molecule has 1 fully saturated rings. The third-order valence-corrected chi connectivity index (χ3v) is 4.49. The lowest BCUT2D eigenvalue weighted by Crippen LogP contribution is -2.25. The number of para-hydroxylation sites is 1. The maximum Gasteiger partial charge on any atom is 0.225 e. The molecule has 1 aliphatic heterocycles. The Morgan fingerprint density at radius 3 is 2.14 bits per heavy atom. The molecule has 0 spiro atoms. The first-order valence-electron chi connectivity index (χ1n) is 8.64. The van der Waals surface area contributed by atoms with Crippen LogP contribution in [0.1, 0.15) is 69.9 Å². The Labute approximate surface area is 135 Å². The largest absolute Gasteiger partial charge is 0.326 e. The van der Waals surface area contributed by atoms with Crippen LogP contribution >= 0.6 is 0 Å². The molecule has 3 heteroatoms. The van der Waals surface area contributed by atoms with Gasteiger partial charge in [0.1, 0.15) is 0 Å². The van der Waals surface area contributed by atoms with Gasteiger partial charge in [0.05, 0.1) is 0 Å². The van der Waals surface area contributed by atoms with E-state index in [1.54, 1.807) is 0 Å². The average molecular weight is 302 g/mol. The van der Waals surface area contributed by atoms with Gasteiger partial charge < -0.3 is 10.2 Å². The van der Waals surface area contributed by atoms with E-state index < -0.39 is 0 Å². The summed E-state index contributed by atoms with van der Waals surface area (Å²) < 4.78 is 0. The van der Waals surface area contributed by atoms with Crippen LogP contribution in [-0.4, -0.2) is 30.4 Å². The van der Waals surface area contributed by atoms with Crippen molar-refractivity contribution in [3.8, 4) is 0 Å². The fraction of sp³-hybridized carbons (Fsp3) is 0.632. The highest BCUT2D eigenvalue weighted by atomic mass is 16.1. The Morgan fingerprint density at radius 2 is 1.64 bits per heavy atom. The molecule has 22 heavy (non-hydrogen) atoms. The van der Waals surface area contributed by atoms with Crippen LogP contribution in [0.2, 0.25) is 0 Å². The summed E-state index contributed by atoms with van der Waals surface area (Å²) in [5.41, 5.74) is 3.51. The maximum atomic E-state index is 12.4. The first-order chi connectivity index (χ1) is 10.5. The third-order valence-electron chi connectivity index (χ3n) is 4.49. The fourth-order valence-corrected chi connectivity index (χ4v) is 3.16. The van der Waals surface area contributed by atoms with Crippen LogP contribution in [0.5, 0.6) is 0 Å². The highest BCUT2D eigenvalue weighted by Gasteiger charge is 2.17. The summed E-state index contributed by atoms with van der Waals surface area (Å²) in [6.07, 6.45) is 3.13. The number of carbonyl (C=O) groups is 1. The molecular weight excluding hydrogens is 272 g/mol. The molecule has 0 unspecified atom stereocenters. The Kier molecular flexibility index (Phi) is 6.01. The Morgan fingerprint density at radius 1 is 1.09 bits per heavy atom.